The van der Waals surface area contributed by atoms with Gasteiger partial charge in [-0.2, -0.15) is 0 Å². The fourth-order valence-electron chi connectivity index (χ4n) is 3.33. The maximum atomic E-state index is 12.0. The Morgan fingerprint density at radius 3 is 2.00 bits per heavy atom. The summed E-state index contributed by atoms with van der Waals surface area (Å²) >= 11 is 0. The summed E-state index contributed by atoms with van der Waals surface area (Å²) in [4.78, 5) is 12.0. The summed E-state index contributed by atoms with van der Waals surface area (Å²) in [5.74, 6) is 0.211. The first-order valence-electron chi connectivity index (χ1n) is 7.64. The van der Waals surface area contributed by atoms with Crippen molar-refractivity contribution in [1.82, 2.24) is 0 Å². The van der Waals surface area contributed by atoms with Gasteiger partial charge in [-0.15, -0.1) is 0 Å². The lowest BCUT2D eigenvalue weighted by Crippen LogP contribution is -2.61. The van der Waals surface area contributed by atoms with Crippen LogP contribution in [0.15, 0.2) is 30.3 Å². The van der Waals surface area contributed by atoms with Crippen molar-refractivity contribution in [2.75, 3.05) is 0 Å². The lowest BCUT2D eigenvalue weighted by atomic mass is 9.39. The highest BCUT2D eigenvalue weighted by molar-refractivity contribution is 6.52. The molecular formula is C17H23BO3. The molecule has 21 heavy (non-hydrogen) atoms. The Morgan fingerprint density at radius 1 is 1.05 bits per heavy atom. The summed E-state index contributed by atoms with van der Waals surface area (Å²) in [6.07, 6.45) is 0.495. The zero-order valence-electron chi connectivity index (χ0n) is 13.5. The van der Waals surface area contributed by atoms with E-state index in [9.17, 15) is 4.79 Å². The highest BCUT2D eigenvalue weighted by Crippen LogP contribution is 2.53. The van der Waals surface area contributed by atoms with E-state index in [1.54, 1.807) is 0 Å². The quantitative estimate of drug-likeness (QED) is 0.783. The number of ketones is 1. The van der Waals surface area contributed by atoms with Gasteiger partial charge in [-0.1, -0.05) is 37.3 Å². The van der Waals surface area contributed by atoms with Crippen molar-refractivity contribution < 1.29 is 14.1 Å². The van der Waals surface area contributed by atoms with Crippen LogP contribution in [0.25, 0.3) is 0 Å². The first-order chi connectivity index (χ1) is 9.71. The molecule has 0 spiro atoms. The van der Waals surface area contributed by atoms with Crippen molar-refractivity contribution in [3.8, 4) is 0 Å². The molecule has 0 aromatic heterocycles. The standard InChI is InChI=1S/C17H23BO3/c1-12-14(19)11-17(12,13-9-7-6-8-10-13)18-20-15(2,3)16(4,5)21-18/h6-10,12H,11H2,1-5H3. The fourth-order valence-corrected chi connectivity index (χ4v) is 3.33. The van der Waals surface area contributed by atoms with Gasteiger partial charge < -0.3 is 9.31 Å². The summed E-state index contributed by atoms with van der Waals surface area (Å²) in [6.45, 7) is 10.2. The van der Waals surface area contributed by atoms with Gasteiger partial charge in [0.2, 0.25) is 0 Å². The number of carbonyl (C=O) groups is 1. The monoisotopic (exact) mass is 286 g/mol. The molecule has 0 bridgehead atoms. The number of hydrogen-bond donors (Lipinski definition) is 0. The van der Waals surface area contributed by atoms with E-state index in [0.717, 1.165) is 5.56 Å². The molecule has 1 heterocycles. The first-order valence-corrected chi connectivity index (χ1v) is 7.64. The zero-order chi connectivity index (χ0) is 15.5. The van der Waals surface area contributed by atoms with Crippen LogP contribution >= 0.6 is 0 Å². The van der Waals surface area contributed by atoms with E-state index in [4.69, 9.17) is 9.31 Å². The summed E-state index contributed by atoms with van der Waals surface area (Å²) in [5.41, 5.74) is 0.380. The molecule has 0 radical (unpaired) electrons. The first kappa shape index (κ1) is 14.8. The van der Waals surface area contributed by atoms with E-state index < -0.39 is 0 Å². The molecule has 2 aliphatic rings. The number of rotatable bonds is 2. The van der Waals surface area contributed by atoms with Gasteiger partial charge in [-0.3, -0.25) is 4.79 Å². The Hall–Kier alpha value is -1.13. The Morgan fingerprint density at radius 2 is 1.57 bits per heavy atom. The molecule has 3 rings (SSSR count). The van der Waals surface area contributed by atoms with E-state index >= 15 is 0 Å². The molecule has 1 aliphatic carbocycles. The van der Waals surface area contributed by atoms with E-state index in [0.29, 0.717) is 6.42 Å². The molecule has 1 aromatic carbocycles. The molecule has 1 saturated heterocycles. The van der Waals surface area contributed by atoms with Gasteiger partial charge in [0.05, 0.1) is 11.2 Å². The third-order valence-electron chi connectivity index (χ3n) is 5.71. The average Bonchev–Trinajstić information content (AvgIpc) is 2.65. The van der Waals surface area contributed by atoms with Crippen LogP contribution in [0.2, 0.25) is 0 Å². The van der Waals surface area contributed by atoms with E-state index in [1.165, 1.54) is 0 Å². The molecule has 112 valence electrons. The molecule has 1 aromatic rings. The molecule has 1 aliphatic heterocycles. The lowest BCUT2D eigenvalue weighted by molar-refractivity contribution is -0.133. The molecular weight excluding hydrogens is 263 g/mol. The molecule has 0 N–H and O–H groups in total. The van der Waals surface area contributed by atoms with Gasteiger partial charge in [-0.05, 0) is 33.3 Å². The second-order valence-electron chi connectivity index (χ2n) is 7.36. The highest BCUT2D eigenvalue weighted by Gasteiger charge is 2.67. The Bertz CT molecular complexity index is 551. The van der Waals surface area contributed by atoms with Crippen LogP contribution in [-0.2, 0) is 19.4 Å². The molecule has 2 atom stereocenters. The molecule has 2 unspecified atom stereocenters. The predicted octanol–water partition coefficient (Wildman–Crippen LogP) is 3.16. The van der Waals surface area contributed by atoms with E-state index in [-0.39, 0.29) is 35.3 Å². The lowest BCUT2D eigenvalue weighted by Gasteiger charge is -2.47. The summed E-state index contributed by atoms with van der Waals surface area (Å²) in [6, 6.07) is 10.2. The third kappa shape index (κ3) is 1.92. The Labute approximate surface area is 127 Å². The van der Waals surface area contributed by atoms with Crippen molar-refractivity contribution in [2.45, 2.75) is 57.6 Å². The van der Waals surface area contributed by atoms with Gasteiger partial charge in [0.15, 0.2) is 0 Å². The Balaban J connectivity index is 2.02. The number of benzene rings is 1. The van der Waals surface area contributed by atoms with Crippen LogP contribution in [-0.4, -0.2) is 24.1 Å². The van der Waals surface area contributed by atoms with Gasteiger partial charge in [0.25, 0.3) is 0 Å². The van der Waals surface area contributed by atoms with Crippen molar-refractivity contribution in [1.29, 1.82) is 0 Å². The molecule has 0 amide bonds. The van der Waals surface area contributed by atoms with Crippen LogP contribution < -0.4 is 0 Å². The highest BCUT2D eigenvalue weighted by atomic mass is 16.7. The SMILES string of the molecule is CC1C(=O)CC1(B1OC(C)(C)C(C)(C)O1)c1ccccc1. The van der Waals surface area contributed by atoms with Crippen LogP contribution in [0.3, 0.4) is 0 Å². The number of hydrogen-bond acceptors (Lipinski definition) is 3. The third-order valence-corrected chi connectivity index (χ3v) is 5.71. The van der Waals surface area contributed by atoms with Gasteiger partial charge in [0, 0.05) is 17.7 Å². The zero-order valence-corrected chi connectivity index (χ0v) is 13.5. The second-order valence-corrected chi connectivity index (χ2v) is 7.36. The maximum absolute atomic E-state index is 12.0. The minimum absolute atomic E-state index is 0.0744. The minimum Gasteiger partial charge on any atom is -0.403 e. The average molecular weight is 286 g/mol. The van der Waals surface area contributed by atoms with Crippen LogP contribution in [0.1, 0.15) is 46.6 Å². The smallest absolute Gasteiger partial charge is 0.403 e. The normalized spacial score (nSPS) is 33.9. The molecule has 3 nitrogen and oxygen atoms in total. The van der Waals surface area contributed by atoms with Crippen molar-refractivity contribution >= 4 is 12.9 Å². The summed E-state index contributed by atoms with van der Waals surface area (Å²) in [7, 11) is -0.377. The number of carbonyl (C=O) groups excluding carboxylic acids is 1. The van der Waals surface area contributed by atoms with Crippen LogP contribution in [0, 0.1) is 5.92 Å². The summed E-state index contributed by atoms with van der Waals surface area (Å²) < 4.78 is 12.5. The van der Waals surface area contributed by atoms with Crippen molar-refractivity contribution in [3.63, 3.8) is 0 Å². The van der Waals surface area contributed by atoms with Crippen molar-refractivity contribution in [3.05, 3.63) is 35.9 Å². The second kappa shape index (κ2) is 4.44. The minimum atomic E-state index is -0.377. The Kier molecular flexibility index (Phi) is 3.13. The predicted molar refractivity (Wildman–Crippen MR) is 83.0 cm³/mol. The largest absolute Gasteiger partial charge is 0.470 e. The molecule has 4 heteroatoms. The van der Waals surface area contributed by atoms with E-state index in [1.807, 2.05) is 25.1 Å². The topological polar surface area (TPSA) is 35.5 Å². The van der Waals surface area contributed by atoms with E-state index in [2.05, 4.69) is 39.8 Å². The van der Waals surface area contributed by atoms with Gasteiger partial charge in [0.1, 0.15) is 5.78 Å². The van der Waals surface area contributed by atoms with Gasteiger partial charge in [-0.25, -0.2) is 0 Å². The van der Waals surface area contributed by atoms with Crippen LogP contribution in [0.4, 0.5) is 0 Å². The van der Waals surface area contributed by atoms with Crippen molar-refractivity contribution in [2.24, 2.45) is 5.92 Å². The maximum Gasteiger partial charge on any atom is 0.470 e. The fraction of sp³-hybridized carbons (Fsp3) is 0.588. The summed E-state index contributed by atoms with van der Waals surface area (Å²) in [5, 5.41) is -0.358. The van der Waals surface area contributed by atoms with Crippen LogP contribution in [0.5, 0.6) is 0 Å². The number of Topliss-reactive ketones (excluding diaryl/α,β-unsaturated/α-hetero) is 1. The van der Waals surface area contributed by atoms with Gasteiger partial charge >= 0.3 is 7.12 Å². The molecule has 1 saturated carbocycles. The molecule has 2 fully saturated rings.